The summed E-state index contributed by atoms with van der Waals surface area (Å²) in [5.41, 5.74) is 3.56. The summed E-state index contributed by atoms with van der Waals surface area (Å²) in [5, 5.41) is 0. The van der Waals surface area contributed by atoms with Gasteiger partial charge in [0.1, 0.15) is 0 Å². The van der Waals surface area contributed by atoms with Crippen molar-refractivity contribution in [3.05, 3.63) is 23.0 Å². The fraction of sp³-hybridized carbons (Fsp3) is 0.722. The quantitative estimate of drug-likeness (QED) is 0.834. The van der Waals surface area contributed by atoms with Crippen LogP contribution in [0.5, 0.6) is 0 Å². The van der Waals surface area contributed by atoms with Crippen molar-refractivity contribution in [2.45, 2.75) is 77.4 Å². The zero-order valence-corrected chi connectivity index (χ0v) is 13.6. The fourth-order valence-corrected chi connectivity index (χ4v) is 4.23. The number of hydrogen-bond acceptors (Lipinski definition) is 2. The molecule has 0 radical (unpaired) electrons. The van der Waals surface area contributed by atoms with E-state index in [2.05, 4.69) is 31.4 Å². The van der Waals surface area contributed by atoms with Crippen LogP contribution < -0.4 is 0 Å². The van der Waals surface area contributed by atoms with E-state index >= 15 is 0 Å². The van der Waals surface area contributed by atoms with Gasteiger partial charge in [0, 0.05) is 36.0 Å². The maximum absolute atomic E-state index is 12.1. The molecule has 2 heterocycles. The van der Waals surface area contributed by atoms with Crippen molar-refractivity contribution < 1.29 is 9.53 Å². The first kappa shape index (κ1) is 14.8. The van der Waals surface area contributed by atoms with Gasteiger partial charge >= 0.3 is 0 Å². The predicted molar refractivity (Wildman–Crippen MR) is 84.0 cm³/mol. The topological polar surface area (TPSA) is 31.2 Å². The van der Waals surface area contributed by atoms with E-state index in [1.54, 1.807) is 0 Å². The maximum atomic E-state index is 12.1. The number of aromatic nitrogens is 1. The van der Waals surface area contributed by atoms with Crippen molar-refractivity contribution in [2.75, 3.05) is 6.61 Å². The van der Waals surface area contributed by atoms with Crippen LogP contribution in [0.1, 0.15) is 80.2 Å². The van der Waals surface area contributed by atoms with Crippen molar-refractivity contribution in [2.24, 2.45) is 0 Å². The zero-order valence-electron chi connectivity index (χ0n) is 13.6. The molecule has 1 unspecified atom stereocenters. The number of Topliss-reactive ketones (excluding diaryl/α,β-unsaturated/α-hetero) is 1. The number of carbonyl (C=O) groups excluding carboxylic acids is 1. The minimum Gasteiger partial charge on any atom is -0.375 e. The molecule has 21 heavy (non-hydrogen) atoms. The molecule has 1 fully saturated rings. The molecule has 3 heteroatoms. The van der Waals surface area contributed by atoms with Gasteiger partial charge in [-0.15, -0.1) is 0 Å². The smallest absolute Gasteiger partial charge is 0.164 e. The molecule has 3 rings (SSSR count). The van der Waals surface area contributed by atoms with Crippen molar-refractivity contribution in [1.29, 1.82) is 0 Å². The summed E-state index contributed by atoms with van der Waals surface area (Å²) < 4.78 is 8.58. The number of carbonyl (C=O) groups is 1. The van der Waals surface area contributed by atoms with Crippen LogP contribution in [0.3, 0.4) is 0 Å². The molecule has 1 aromatic rings. The molecule has 0 saturated carbocycles. The lowest BCUT2D eigenvalue weighted by atomic mass is 9.85. The number of ether oxygens (including phenoxy) is 1. The van der Waals surface area contributed by atoms with E-state index in [0.717, 1.165) is 57.1 Å². The predicted octanol–water partition coefficient (Wildman–Crippen LogP) is 4.23. The summed E-state index contributed by atoms with van der Waals surface area (Å²) >= 11 is 0. The molecular formula is C18H27NO2. The van der Waals surface area contributed by atoms with E-state index in [1.807, 2.05) is 0 Å². The van der Waals surface area contributed by atoms with Gasteiger partial charge in [0.25, 0.3) is 0 Å². The van der Waals surface area contributed by atoms with Gasteiger partial charge in [-0.1, -0.05) is 13.8 Å². The van der Waals surface area contributed by atoms with Crippen LogP contribution in [-0.4, -0.2) is 22.6 Å². The SMILES string of the molecule is CCC1(CC)CC(n2c(C)cc3c2CCCC3=O)CCO1. The first-order valence-corrected chi connectivity index (χ1v) is 8.48. The molecule has 1 atom stereocenters. The number of ketones is 1. The molecule has 0 spiro atoms. The molecule has 0 amide bonds. The van der Waals surface area contributed by atoms with Crippen LogP contribution >= 0.6 is 0 Å². The lowest BCUT2D eigenvalue weighted by molar-refractivity contribution is -0.0991. The summed E-state index contributed by atoms with van der Waals surface area (Å²) in [4.78, 5) is 12.1. The summed E-state index contributed by atoms with van der Waals surface area (Å²) in [7, 11) is 0. The van der Waals surface area contributed by atoms with Crippen molar-refractivity contribution in [1.82, 2.24) is 4.57 Å². The highest BCUT2D eigenvalue weighted by atomic mass is 16.5. The van der Waals surface area contributed by atoms with Gasteiger partial charge in [-0.25, -0.2) is 0 Å². The zero-order chi connectivity index (χ0) is 15.0. The lowest BCUT2D eigenvalue weighted by Gasteiger charge is -2.41. The van der Waals surface area contributed by atoms with Crippen molar-refractivity contribution >= 4 is 5.78 Å². The van der Waals surface area contributed by atoms with Gasteiger partial charge in [0.05, 0.1) is 5.60 Å². The van der Waals surface area contributed by atoms with Gasteiger partial charge in [-0.2, -0.15) is 0 Å². The number of hydrogen-bond donors (Lipinski definition) is 0. The second-order valence-electron chi connectivity index (χ2n) is 6.68. The monoisotopic (exact) mass is 289 g/mol. The van der Waals surface area contributed by atoms with E-state index in [9.17, 15) is 4.79 Å². The van der Waals surface area contributed by atoms with Crippen LogP contribution in [0.2, 0.25) is 0 Å². The minimum atomic E-state index is 0.0329. The highest BCUT2D eigenvalue weighted by molar-refractivity contribution is 5.98. The van der Waals surface area contributed by atoms with E-state index in [-0.39, 0.29) is 5.60 Å². The lowest BCUT2D eigenvalue weighted by Crippen LogP contribution is -2.40. The molecule has 116 valence electrons. The average Bonchev–Trinajstić information content (AvgIpc) is 2.85. The molecule has 0 aromatic carbocycles. The third-order valence-corrected chi connectivity index (χ3v) is 5.57. The molecule has 2 aliphatic rings. The Bertz CT molecular complexity index is 540. The average molecular weight is 289 g/mol. The highest BCUT2D eigenvalue weighted by Gasteiger charge is 2.37. The molecule has 1 aromatic heterocycles. The summed E-state index contributed by atoms with van der Waals surface area (Å²) in [6, 6.07) is 2.61. The Hall–Kier alpha value is -1.09. The Kier molecular flexibility index (Phi) is 3.96. The number of aryl methyl sites for hydroxylation is 1. The summed E-state index contributed by atoms with van der Waals surface area (Å²) in [6.07, 6.45) is 7.07. The standard InChI is InChI=1S/C18H27NO2/c1-4-18(5-2)12-14(9-10-21-18)19-13(3)11-15-16(19)7-6-8-17(15)20/h11,14H,4-10,12H2,1-3H3. The number of rotatable bonds is 3. The first-order valence-electron chi connectivity index (χ1n) is 8.48. The Balaban J connectivity index is 1.95. The Labute approximate surface area is 127 Å². The number of fused-ring (bicyclic) bond motifs is 1. The van der Waals surface area contributed by atoms with Crippen molar-refractivity contribution in [3.63, 3.8) is 0 Å². The third kappa shape index (κ3) is 2.46. The highest BCUT2D eigenvalue weighted by Crippen LogP contribution is 2.40. The van der Waals surface area contributed by atoms with Crippen LogP contribution in [0.25, 0.3) is 0 Å². The van der Waals surface area contributed by atoms with Crippen molar-refractivity contribution in [3.8, 4) is 0 Å². The second kappa shape index (κ2) is 5.60. The molecule has 0 N–H and O–H groups in total. The Morgan fingerprint density at radius 1 is 1.33 bits per heavy atom. The molecule has 1 aliphatic heterocycles. The summed E-state index contributed by atoms with van der Waals surface area (Å²) in [5.74, 6) is 0.336. The van der Waals surface area contributed by atoms with Gasteiger partial charge < -0.3 is 9.30 Å². The third-order valence-electron chi connectivity index (χ3n) is 5.57. The van der Waals surface area contributed by atoms with Crippen LogP contribution in [0, 0.1) is 6.92 Å². The molecular weight excluding hydrogens is 262 g/mol. The van der Waals surface area contributed by atoms with Crippen LogP contribution in [0.4, 0.5) is 0 Å². The van der Waals surface area contributed by atoms with E-state index in [0.29, 0.717) is 11.8 Å². The molecule has 1 aliphatic carbocycles. The first-order chi connectivity index (χ1) is 10.1. The van der Waals surface area contributed by atoms with E-state index < -0.39 is 0 Å². The van der Waals surface area contributed by atoms with E-state index in [1.165, 1.54) is 11.4 Å². The normalized spacial score (nSPS) is 24.9. The minimum absolute atomic E-state index is 0.0329. The fourth-order valence-electron chi connectivity index (χ4n) is 4.23. The van der Waals surface area contributed by atoms with Crippen LogP contribution in [-0.2, 0) is 11.2 Å². The molecule has 1 saturated heterocycles. The van der Waals surface area contributed by atoms with Gasteiger partial charge in [-0.3, -0.25) is 4.79 Å². The van der Waals surface area contributed by atoms with E-state index in [4.69, 9.17) is 4.74 Å². The van der Waals surface area contributed by atoms with Gasteiger partial charge in [-0.05, 0) is 51.5 Å². The van der Waals surface area contributed by atoms with Gasteiger partial charge in [0.15, 0.2) is 5.78 Å². The Morgan fingerprint density at radius 2 is 2.10 bits per heavy atom. The maximum Gasteiger partial charge on any atom is 0.164 e. The van der Waals surface area contributed by atoms with Gasteiger partial charge in [0.2, 0.25) is 0 Å². The second-order valence-corrected chi connectivity index (χ2v) is 6.68. The van der Waals surface area contributed by atoms with Crippen LogP contribution in [0.15, 0.2) is 6.07 Å². The Morgan fingerprint density at radius 3 is 2.81 bits per heavy atom. The molecule has 3 nitrogen and oxygen atoms in total. The largest absolute Gasteiger partial charge is 0.375 e. The molecule has 0 bridgehead atoms. The summed E-state index contributed by atoms with van der Waals surface area (Å²) in [6.45, 7) is 7.45. The number of nitrogens with zero attached hydrogens (tertiary/aromatic N) is 1.